The van der Waals surface area contributed by atoms with Gasteiger partial charge in [0.2, 0.25) is 0 Å². The number of likely N-dealkylation sites (N-methyl/N-ethyl adjacent to an activating group) is 1. The fourth-order valence-electron chi connectivity index (χ4n) is 2.35. The highest BCUT2D eigenvalue weighted by atomic mass is 16.5. The van der Waals surface area contributed by atoms with Gasteiger partial charge in [-0.25, -0.2) is 0 Å². The number of hydrogen-bond donors (Lipinski definition) is 1. The highest BCUT2D eigenvalue weighted by molar-refractivity contribution is 4.74. The molecule has 17 heavy (non-hydrogen) atoms. The van der Waals surface area contributed by atoms with Gasteiger partial charge >= 0.3 is 0 Å². The molecule has 0 aromatic heterocycles. The lowest BCUT2D eigenvalue weighted by molar-refractivity contribution is -0.0368. The zero-order valence-corrected chi connectivity index (χ0v) is 11.7. The zero-order chi connectivity index (χ0) is 12.7. The third-order valence-electron chi connectivity index (χ3n) is 3.11. The van der Waals surface area contributed by atoms with E-state index in [2.05, 4.69) is 30.7 Å². The monoisotopic (exact) mass is 243 g/mol. The molecule has 2 N–H and O–H groups in total. The molecular weight excluding hydrogens is 214 g/mol. The van der Waals surface area contributed by atoms with Crippen LogP contribution in [0, 0.1) is 5.92 Å². The molecule has 1 aliphatic rings. The van der Waals surface area contributed by atoms with Gasteiger partial charge in [0.1, 0.15) is 0 Å². The Morgan fingerprint density at radius 1 is 1.47 bits per heavy atom. The number of nitrogens with two attached hydrogens (primary N) is 1. The second-order valence-corrected chi connectivity index (χ2v) is 5.55. The highest BCUT2D eigenvalue weighted by Crippen LogP contribution is 2.07. The largest absolute Gasteiger partial charge is 0.374 e. The van der Waals surface area contributed by atoms with Crippen molar-refractivity contribution >= 4 is 0 Å². The minimum atomic E-state index is 0.366. The quantitative estimate of drug-likeness (QED) is 0.712. The molecular formula is C13H29N3O. The SMILES string of the molecule is CC(C)CN(CCCN)CC1CN(C)CCO1. The van der Waals surface area contributed by atoms with Crippen molar-refractivity contribution in [1.82, 2.24) is 9.80 Å². The van der Waals surface area contributed by atoms with Gasteiger partial charge in [-0.15, -0.1) is 0 Å². The maximum Gasteiger partial charge on any atom is 0.0829 e. The molecule has 1 saturated heterocycles. The van der Waals surface area contributed by atoms with Crippen molar-refractivity contribution < 1.29 is 4.74 Å². The van der Waals surface area contributed by atoms with Crippen LogP contribution in [-0.4, -0.2) is 68.8 Å². The second kappa shape index (κ2) is 8.03. The molecule has 102 valence electrons. The van der Waals surface area contributed by atoms with Gasteiger partial charge in [0, 0.05) is 26.2 Å². The molecule has 1 fully saturated rings. The van der Waals surface area contributed by atoms with Crippen molar-refractivity contribution in [2.45, 2.75) is 26.4 Å². The van der Waals surface area contributed by atoms with Crippen LogP contribution >= 0.6 is 0 Å². The average molecular weight is 243 g/mol. The van der Waals surface area contributed by atoms with Crippen molar-refractivity contribution in [2.75, 3.05) is 52.9 Å². The van der Waals surface area contributed by atoms with E-state index >= 15 is 0 Å². The summed E-state index contributed by atoms with van der Waals surface area (Å²) < 4.78 is 5.83. The summed E-state index contributed by atoms with van der Waals surface area (Å²) >= 11 is 0. The van der Waals surface area contributed by atoms with Crippen molar-refractivity contribution in [3.8, 4) is 0 Å². The summed E-state index contributed by atoms with van der Waals surface area (Å²) in [4.78, 5) is 4.85. The number of hydrogen-bond acceptors (Lipinski definition) is 4. The third-order valence-corrected chi connectivity index (χ3v) is 3.11. The van der Waals surface area contributed by atoms with Gasteiger partial charge in [0.05, 0.1) is 12.7 Å². The zero-order valence-electron chi connectivity index (χ0n) is 11.7. The normalized spacial score (nSPS) is 22.6. The van der Waals surface area contributed by atoms with Crippen molar-refractivity contribution in [3.63, 3.8) is 0 Å². The molecule has 1 aliphatic heterocycles. The lowest BCUT2D eigenvalue weighted by atomic mass is 10.1. The van der Waals surface area contributed by atoms with E-state index in [1.165, 1.54) is 0 Å². The number of nitrogens with zero attached hydrogens (tertiary/aromatic N) is 2. The topological polar surface area (TPSA) is 41.7 Å². The average Bonchev–Trinajstić information content (AvgIpc) is 2.25. The van der Waals surface area contributed by atoms with Crippen LogP contribution in [0.15, 0.2) is 0 Å². The molecule has 4 nitrogen and oxygen atoms in total. The van der Waals surface area contributed by atoms with Crippen LogP contribution in [0.2, 0.25) is 0 Å². The second-order valence-electron chi connectivity index (χ2n) is 5.55. The van der Waals surface area contributed by atoms with Crippen LogP contribution in [0.1, 0.15) is 20.3 Å². The Bertz CT molecular complexity index is 199. The van der Waals surface area contributed by atoms with Crippen molar-refractivity contribution in [2.24, 2.45) is 11.7 Å². The van der Waals surface area contributed by atoms with E-state index in [0.717, 1.165) is 52.3 Å². The molecule has 0 aromatic carbocycles. The van der Waals surface area contributed by atoms with Crippen LogP contribution in [0.25, 0.3) is 0 Å². The predicted octanol–water partition coefficient (Wildman–Crippen LogP) is 0.624. The van der Waals surface area contributed by atoms with Crippen LogP contribution in [0.3, 0.4) is 0 Å². The number of morpholine rings is 1. The molecule has 0 saturated carbocycles. The fraction of sp³-hybridized carbons (Fsp3) is 1.00. The first-order valence-electron chi connectivity index (χ1n) is 6.84. The standard InChI is InChI=1S/C13H29N3O/c1-12(2)9-16(6-4-5-14)11-13-10-15(3)7-8-17-13/h12-13H,4-11,14H2,1-3H3. The fourth-order valence-corrected chi connectivity index (χ4v) is 2.35. The summed E-state index contributed by atoms with van der Waals surface area (Å²) in [5.41, 5.74) is 5.60. The van der Waals surface area contributed by atoms with E-state index < -0.39 is 0 Å². The molecule has 0 bridgehead atoms. The van der Waals surface area contributed by atoms with Gasteiger partial charge < -0.3 is 20.3 Å². The van der Waals surface area contributed by atoms with E-state index in [-0.39, 0.29) is 0 Å². The molecule has 1 unspecified atom stereocenters. The Hall–Kier alpha value is -0.160. The van der Waals surface area contributed by atoms with Gasteiger partial charge in [-0.2, -0.15) is 0 Å². The Morgan fingerprint density at radius 3 is 2.82 bits per heavy atom. The Labute approximate surface area is 106 Å². The van der Waals surface area contributed by atoms with E-state index in [4.69, 9.17) is 10.5 Å². The number of rotatable bonds is 7. The minimum absolute atomic E-state index is 0.366. The van der Waals surface area contributed by atoms with E-state index in [9.17, 15) is 0 Å². The molecule has 1 heterocycles. The molecule has 1 rings (SSSR count). The van der Waals surface area contributed by atoms with Gasteiger partial charge in [0.15, 0.2) is 0 Å². The number of ether oxygens (including phenoxy) is 1. The van der Waals surface area contributed by atoms with Crippen LogP contribution in [0.5, 0.6) is 0 Å². The van der Waals surface area contributed by atoms with Crippen LogP contribution in [0.4, 0.5) is 0 Å². The smallest absolute Gasteiger partial charge is 0.0829 e. The lowest BCUT2D eigenvalue weighted by Crippen LogP contribution is -2.47. The maximum absolute atomic E-state index is 5.83. The van der Waals surface area contributed by atoms with E-state index in [1.54, 1.807) is 0 Å². The molecule has 0 aromatic rings. The molecule has 0 aliphatic carbocycles. The van der Waals surface area contributed by atoms with Crippen LogP contribution < -0.4 is 5.73 Å². The lowest BCUT2D eigenvalue weighted by Gasteiger charge is -2.34. The third kappa shape index (κ3) is 6.36. The maximum atomic E-state index is 5.83. The first kappa shape index (κ1) is 14.9. The predicted molar refractivity (Wildman–Crippen MR) is 72.2 cm³/mol. The summed E-state index contributed by atoms with van der Waals surface area (Å²) in [6.45, 7) is 11.6. The molecule has 4 heteroatoms. The Balaban J connectivity index is 2.35. The minimum Gasteiger partial charge on any atom is -0.374 e. The summed E-state index contributed by atoms with van der Waals surface area (Å²) in [6, 6.07) is 0. The van der Waals surface area contributed by atoms with E-state index in [1.807, 2.05) is 0 Å². The highest BCUT2D eigenvalue weighted by Gasteiger charge is 2.20. The summed E-state index contributed by atoms with van der Waals surface area (Å²) in [5.74, 6) is 0.703. The molecule has 0 spiro atoms. The molecule has 0 amide bonds. The molecule has 1 atom stereocenters. The van der Waals surface area contributed by atoms with Crippen molar-refractivity contribution in [1.29, 1.82) is 0 Å². The van der Waals surface area contributed by atoms with Crippen molar-refractivity contribution in [3.05, 3.63) is 0 Å². The Morgan fingerprint density at radius 2 is 2.24 bits per heavy atom. The van der Waals surface area contributed by atoms with Gasteiger partial charge in [-0.3, -0.25) is 0 Å². The van der Waals surface area contributed by atoms with Gasteiger partial charge in [0.25, 0.3) is 0 Å². The van der Waals surface area contributed by atoms with Gasteiger partial charge in [-0.1, -0.05) is 13.8 Å². The van der Waals surface area contributed by atoms with Gasteiger partial charge in [-0.05, 0) is 32.5 Å². The summed E-state index contributed by atoms with van der Waals surface area (Å²) in [7, 11) is 2.17. The first-order chi connectivity index (χ1) is 8.11. The molecule has 0 radical (unpaired) electrons. The van der Waals surface area contributed by atoms with Crippen LogP contribution in [-0.2, 0) is 4.74 Å². The summed E-state index contributed by atoms with van der Waals surface area (Å²) in [6.07, 6.45) is 1.44. The summed E-state index contributed by atoms with van der Waals surface area (Å²) in [5, 5.41) is 0. The Kier molecular flexibility index (Phi) is 7.04. The van der Waals surface area contributed by atoms with E-state index in [0.29, 0.717) is 12.0 Å². The first-order valence-corrected chi connectivity index (χ1v) is 6.84.